The van der Waals surface area contributed by atoms with Crippen LogP contribution in [0.3, 0.4) is 0 Å². The van der Waals surface area contributed by atoms with Gasteiger partial charge in [0, 0.05) is 6.20 Å². The van der Waals surface area contributed by atoms with Gasteiger partial charge in [-0.2, -0.15) is 4.31 Å². The van der Waals surface area contributed by atoms with Crippen molar-refractivity contribution in [1.82, 2.24) is 9.29 Å². The summed E-state index contributed by atoms with van der Waals surface area (Å²) < 4.78 is 31.6. The van der Waals surface area contributed by atoms with Crippen molar-refractivity contribution < 1.29 is 13.2 Å². The molecule has 0 saturated carbocycles. The molecule has 1 saturated heterocycles. The first-order valence-corrected chi connectivity index (χ1v) is 8.33. The average molecular weight is 304 g/mol. The molecule has 0 spiro atoms. The van der Waals surface area contributed by atoms with Gasteiger partial charge in [-0.05, 0) is 17.7 Å². The Hall–Kier alpha value is -1.92. The number of hydrogen-bond donors (Lipinski definition) is 0. The van der Waals surface area contributed by atoms with Crippen LogP contribution in [0.5, 0.6) is 5.75 Å². The van der Waals surface area contributed by atoms with Crippen molar-refractivity contribution in [2.24, 2.45) is 0 Å². The SMILES string of the molecule is O=S(=O)(Cc1ccccc1)N1CC(Oc2cccnc2)C1. The monoisotopic (exact) mass is 304 g/mol. The van der Waals surface area contributed by atoms with Crippen LogP contribution in [-0.2, 0) is 15.8 Å². The van der Waals surface area contributed by atoms with Crippen LogP contribution in [0, 0.1) is 0 Å². The minimum Gasteiger partial charge on any atom is -0.486 e. The Balaban J connectivity index is 1.55. The molecule has 0 aliphatic carbocycles. The Kier molecular flexibility index (Phi) is 3.90. The lowest BCUT2D eigenvalue weighted by atomic mass is 10.2. The standard InChI is InChI=1S/C15H16N2O3S/c18-21(19,12-13-5-2-1-3-6-13)17-10-15(11-17)20-14-7-4-8-16-9-14/h1-9,15H,10-12H2. The molecule has 1 aromatic heterocycles. The molecular weight excluding hydrogens is 288 g/mol. The fourth-order valence-corrected chi connectivity index (χ4v) is 3.77. The van der Waals surface area contributed by atoms with Crippen LogP contribution in [0.1, 0.15) is 5.56 Å². The molecule has 1 fully saturated rings. The van der Waals surface area contributed by atoms with Crippen LogP contribution in [0.4, 0.5) is 0 Å². The van der Waals surface area contributed by atoms with Crippen molar-refractivity contribution in [2.75, 3.05) is 13.1 Å². The van der Waals surface area contributed by atoms with E-state index < -0.39 is 10.0 Å². The normalized spacial score (nSPS) is 16.4. The molecule has 2 heterocycles. The zero-order chi connectivity index (χ0) is 14.7. The molecular formula is C15H16N2O3S. The molecule has 2 aromatic rings. The third-order valence-electron chi connectivity index (χ3n) is 3.34. The first kappa shape index (κ1) is 14.0. The van der Waals surface area contributed by atoms with Crippen LogP contribution in [0.25, 0.3) is 0 Å². The molecule has 0 unspecified atom stereocenters. The van der Waals surface area contributed by atoms with Gasteiger partial charge in [-0.25, -0.2) is 8.42 Å². The predicted octanol–water partition coefficient (Wildman–Crippen LogP) is 1.67. The van der Waals surface area contributed by atoms with Crippen molar-refractivity contribution in [1.29, 1.82) is 0 Å². The number of nitrogens with zero attached hydrogens (tertiary/aromatic N) is 2. The maximum Gasteiger partial charge on any atom is 0.218 e. The van der Waals surface area contributed by atoms with E-state index in [0.717, 1.165) is 5.56 Å². The summed E-state index contributed by atoms with van der Waals surface area (Å²) in [5, 5.41) is 0. The van der Waals surface area contributed by atoms with Crippen LogP contribution in [0.15, 0.2) is 54.9 Å². The van der Waals surface area contributed by atoms with Crippen molar-refractivity contribution >= 4 is 10.0 Å². The van der Waals surface area contributed by atoms with E-state index >= 15 is 0 Å². The van der Waals surface area contributed by atoms with Gasteiger partial charge < -0.3 is 4.74 Å². The number of pyridine rings is 1. The van der Waals surface area contributed by atoms with Crippen LogP contribution < -0.4 is 4.74 Å². The minimum atomic E-state index is -3.26. The molecule has 1 aromatic carbocycles. The lowest BCUT2D eigenvalue weighted by Crippen LogP contribution is -2.56. The first-order chi connectivity index (χ1) is 10.1. The fourth-order valence-electron chi connectivity index (χ4n) is 2.19. The lowest BCUT2D eigenvalue weighted by Gasteiger charge is -2.37. The highest BCUT2D eigenvalue weighted by atomic mass is 32.2. The highest BCUT2D eigenvalue weighted by molar-refractivity contribution is 7.88. The van der Waals surface area contributed by atoms with Gasteiger partial charge in [0.2, 0.25) is 10.0 Å². The van der Waals surface area contributed by atoms with Crippen LogP contribution in [0.2, 0.25) is 0 Å². The second-order valence-electron chi connectivity index (χ2n) is 4.99. The molecule has 0 bridgehead atoms. The third kappa shape index (κ3) is 3.40. The van der Waals surface area contributed by atoms with Gasteiger partial charge in [-0.1, -0.05) is 30.3 Å². The zero-order valence-electron chi connectivity index (χ0n) is 11.4. The van der Waals surface area contributed by atoms with E-state index in [1.165, 1.54) is 4.31 Å². The average Bonchev–Trinajstić information content (AvgIpc) is 2.44. The zero-order valence-corrected chi connectivity index (χ0v) is 12.2. The maximum absolute atomic E-state index is 12.2. The van der Waals surface area contributed by atoms with Gasteiger partial charge in [-0.3, -0.25) is 4.98 Å². The number of ether oxygens (including phenoxy) is 1. The van der Waals surface area contributed by atoms with Crippen molar-refractivity contribution in [3.05, 3.63) is 60.4 Å². The molecule has 0 atom stereocenters. The Labute approximate surface area is 124 Å². The molecule has 110 valence electrons. The molecule has 1 aliphatic heterocycles. The van der Waals surface area contributed by atoms with E-state index in [2.05, 4.69) is 4.98 Å². The summed E-state index contributed by atoms with van der Waals surface area (Å²) >= 11 is 0. The first-order valence-electron chi connectivity index (χ1n) is 6.72. The largest absolute Gasteiger partial charge is 0.486 e. The molecule has 0 amide bonds. The highest BCUT2D eigenvalue weighted by Crippen LogP contribution is 2.21. The molecule has 5 nitrogen and oxygen atoms in total. The summed E-state index contributed by atoms with van der Waals surface area (Å²) in [5.74, 6) is 0.704. The smallest absolute Gasteiger partial charge is 0.218 e. The minimum absolute atomic E-state index is 0.0352. The molecule has 0 N–H and O–H groups in total. The van der Waals surface area contributed by atoms with Crippen molar-refractivity contribution in [3.8, 4) is 5.75 Å². The fraction of sp³-hybridized carbons (Fsp3) is 0.267. The summed E-state index contributed by atoms with van der Waals surface area (Å²) in [4.78, 5) is 3.96. The van der Waals surface area contributed by atoms with Crippen molar-refractivity contribution in [3.63, 3.8) is 0 Å². The quantitative estimate of drug-likeness (QED) is 0.843. The number of benzene rings is 1. The second kappa shape index (κ2) is 5.83. The Morgan fingerprint density at radius 3 is 2.57 bits per heavy atom. The van der Waals surface area contributed by atoms with E-state index in [0.29, 0.717) is 18.8 Å². The van der Waals surface area contributed by atoms with Gasteiger partial charge >= 0.3 is 0 Å². The second-order valence-corrected chi connectivity index (χ2v) is 6.96. The van der Waals surface area contributed by atoms with E-state index in [4.69, 9.17) is 4.74 Å². The molecule has 3 rings (SSSR count). The van der Waals surface area contributed by atoms with Crippen LogP contribution >= 0.6 is 0 Å². The summed E-state index contributed by atoms with van der Waals surface area (Å²) in [6, 6.07) is 12.8. The van der Waals surface area contributed by atoms with Gasteiger partial charge in [-0.15, -0.1) is 0 Å². The van der Waals surface area contributed by atoms with E-state index in [1.54, 1.807) is 18.5 Å². The van der Waals surface area contributed by atoms with Gasteiger partial charge in [0.05, 0.1) is 25.0 Å². The topological polar surface area (TPSA) is 59.5 Å². The summed E-state index contributed by atoms with van der Waals surface area (Å²) in [5.41, 5.74) is 0.800. The van der Waals surface area contributed by atoms with E-state index in [1.807, 2.05) is 36.4 Å². The summed E-state index contributed by atoms with van der Waals surface area (Å²) in [6.45, 7) is 0.786. The van der Waals surface area contributed by atoms with Gasteiger partial charge in [0.15, 0.2) is 0 Å². The molecule has 1 aliphatic rings. The summed E-state index contributed by atoms with van der Waals surface area (Å²) in [6.07, 6.45) is 3.20. The number of aromatic nitrogens is 1. The van der Waals surface area contributed by atoms with E-state index in [-0.39, 0.29) is 11.9 Å². The third-order valence-corrected chi connectivity index (χ3v) is 5.12. The highest BCUT2D eigenvalue weighted by Gasteiger charge is 2.37. The Bertz CT molecular complexity index is 683. The van der Waals surface area contributed by atoms with Gasteiger partial charge in [0.1, 0.15) is 11.9 Å². The Morgan fingerprint density at radius 2 is 1.90 bits per heavy atom. The predicted molar refractivity (Wildman–Crippen MR) is 79.3 cm³/mol. The van der Waals surface area contributed by atoms with E-state index in [9.17, 15) is 8.42 Å². The summed E-state index contributed by atoms with van der Waals surface area (Å²) in [7, 11) is -3.26. The van der Waals surface area contributed by atoms with Crippen LogP contribution in [-0.4, -0.2) is 36.9 Å². The Morgan fingerprint density at radius 1 is 1.14 bits per heavy atom. The lowest BCUT2D eigenvalue weighted by molar-refractivity contribution is 0.0758. The number of sulfonamides is 1. The number of hydrogen-bond acceptors (Lipinski definition) is 4. The van der Waals surface area contributed by atoms with Crippen molar-refractivity contribution in [2.45, 2.75) is 11.9 Å². The van der Waals surface area contributed by atoms with Gasteiger partial charge in [0.25, 0.3) is 0 Å². The molecule has 6 heteroatoms. The molecule has 21 heavy (non-hydrogen) atoms. The number of rotatable bonds is 5. The maximum atomic E-state index is 12.2. The molecule has 0 radical (unpaired) electrons.